The molecule has 0 aromatic carbocycles. The van der Waals surface area contributed by atoms with E-state index in [9.17, 15) is 5.11 Å². The van der Waals surface area contributed by atoms with Gasteiger partial charge in [0.05, 0.1) is 6.61 Å². The van der Waals surface area contributed by atoms with Crippen molar-refractivity contribution in [2.45, 2.75) is 44.6 Å². The van der Waals surface area contributed by atoms with E-state index in [0.29, 0.717) is 0 Å². The van der Waals surface area contributed by atoms with Gasteiger partial charge in [-0.2, -0.15) is 0 Å². The standard InChI is InChI=1S/C15H31N3O/c1-15(16,13-19)6-11-17-9-4-14(5-10-17)12-18-7-2-3-8-18/h14,19H,2-13,16H2,1H3. The summed E-state index contributed by atoms with van der Waals surface area (Å²) in [6, 6.07) is 0. The van der Waals surface area contributed by atoms with E-state index in [1.807, 2.05) is 6.92 Å². The van der Waals surface area contributed by atoms with Crippen molar-refractivity contribution < 1.29 is 5.11 Å². The highest BCUT2D eigenvalue weighted by atomic mass is 16.3. The largest absolute Gasteiger partial charge is 0.394 e. The minimum absolute atomic E-state index is 0.0818. The van der Waals surface area contributed by atoms with E-state index < -0.39 is 5.54 Å². The zero-order valence-electron chi connectivity index (χ0n) is 12.5. The van der Waals surface area contributed by atoms with E-state index in [1.54, 1.807) is 0 Å². The molecule has 0 saturated carbocycles. The second-order valence-corrected chi connectivity index (χ2v) is 6.85. The monoisotopic (exact) mass is 269 g/mol. The van der Waals surface area contributed by atoms with Crippen molar-refractivity contribution in [3.05, 3.63) is 0 Å². The molecule has 2 rings (SSSR count). The van der Waals surface area contributed by atoms with Crippen molar-refractivity contribution in [3.63, 3.8) is 0 Å². The van der Waals surface area contributed by atoms with Crippen LogP contribution >= 0.6 is 0 Å². The number of likely N-dealkylation sites (tertiary alicyclic amines) is 2. The van der Waals surface area contributed by atoms with Gasteiger partial charge in [0, 0.05) is 12.1 Å². The number of hydrogen-bond acceptors (Lipinski definition) is 4. The van der Waals surface area contributed by atoms with Crippen molar-refractivity contribution in [2.75, 3.05) is 45.9 Å². The fraction of sp³-hybridized carbons (Fsp3) is 1.00. The molecule has 3 N–H and O–H groups in total. The Morgan fingerprint density at radius 3 is 2.32 bits per heavy atom. The lowest BCUT2D eigenvalue weighted by Crippen LogP contribution is -2.45. The highest BCUT2D eigenvalue weighted by Gasteiger charge is 2.24. The molecular formula is C15H31N3O. The summed E-state index contributed by atoms with van der Waals surface area (Å²) >= 11 is 0. The summed E-state index contributed by atoms with van der Waals surface area (Å²) in [7, 11) is 0. The van der Waals surface area contributed by atoms with Crippen LogP contribution in [0.1, 0.15) is 39.0 Å². The normalized spacial score (nSPS) is 26.7. The van der Waals surface area contributed by atoms with Gasteiger partial charge in [-0.1, -0.05) is 0 Å². The van der Waals surface area contributed by atoms with E-state index in [1.165, 1.54) is 58.4 Å². The summed E-state index contributed by atoms with van der Waals surface area (Å²) in [4.78, 5) is 5.16. The summed E-state index contributed by atoms with van der Waals surface area (Å²) in [5.41, 5.74) is 5.58. The zero-order valence-corrected chi connectivity index (χ0v) is 12.5. The molecule has 2 aliphatic rings. The predicted molar refractivity (Wildman–Crippen MR) is 79.1 cm³/mol. The number of aliphatic hydroxyl groups excluding tert-OH is 1. The molecule has 0 bridgehead atoms. The van der Waals surface area contributed by atoms with Gasteiger partial charge in [0.1, 0.15) is 0 Å². The number of nitrogens with two attached hydrogens (primary N) is 1. The van der Waals surface area contributed by atoms with Crippen LogP contribution in [-0.4, -0.2) is 66.3 Å². The van der Waals surface area contributed by atoms with Gasteiger partial charge >= 0.3 is 0 Å². The van der Waals surface area contributed by atoms with Gasteiger partial charge in [0.25, 0.3) is 0 Å². The second-order valence-electron chi connectivity index (χ2n) is 6.85. The SMILES string of the molecule is CC(N)(CO)CCN1CCC(CN2CCCC2)CC1. The molecule has 0 aliphatic carbocycles. The van der Waals surface area contributed by atoms with E-state index in [-0.39, 0.29) is 6.61 Å². The van der Waals surface area contributed by atoms with Crippen molar-refractivity contribution in [1.82, 2.24) is 9.80 Å². The van der Waals surface area contributed by atoms with Crippen molar-refractivity contribution >= 4 is 0 Å². The van der Waals surface area contributed by atoms with Crippen LogP contribution in [0.5, 0.6) is 0 Å². The molecule has 0 spiro atoms. The van der Waals surface area contributed by atoms with E-state index in [2.05, 4.69) is 9.80 Å². The van der Waals surface area contributed by atoms with Crippen LogP contribution in [0.15, 0.2) is 0 Å². The molecule has 2 fully saturated rings. The molecule has 2 saturated heterocycles. The second kappa shape index (κ2) is 7.02. The lowest BCUT2D eigenvalue weighted by Gasteiger charge is -2.35. The third kappa shape index (κ3) is 5.03. The molecule has 4 heteroatoms. The summed E-state index contributed by atoms with van der Waals surface area (Å²) in [6.07, 6.45) is 6.35. The Morgan fingerprint density at radius 2 is 1.74 bits per heavy atom. The molecule has 0 aromatic rings. The average molecular weight is 269 g/mol. The maximum Gasteiger partial charge on any atom is 0.0608 e. The Morgan fingerprint density at radius 1 is 1.11 bits per heavy atom. The molecule has 19 heavy (non-hydrogen) atoms. The Balaban J connectivity index is 1.62. The molecule has 1 atom stereocenters. The molecule has 0 radical (unpaired) electrons. The Hall–Kier alpha value is -0.160. The quantitative estimate of drug-likeness (QED) is 0.752. The molecule has 0 aromatic heterocycles. The van der Waals surface area contributed by atoms with Gasteiger partial charge in [0.2, 0.25) is 0 Å². The van der Waals surface area contributed by atoms with Crippen LogP contribution in [0.25, 0.3) is 0 Å². The minimum atomic E-state index is -0.410. The van der Waals surface area contributed by atoms with Crippen LogP contribution < -0.4 is 5.73 Å². The molecule has 1 unspecified atom stereocenters. The Bertz CT molecular complexity index is 256. The van der Waals surface area contributed by atoms with Crippen LogP contribution in [0.4, 0.5) is 0 Å². The fourth-order valence-electron chi connectivity index (χ4n) is 3.22. The molecule has 2 heterocycles. The number of nitrogens with zero attached hydrogens (tertiary/aromatic N) is 2. The molecule has 4 nitrogen and oxygen atoms in total. The average Bonchev–Trinajstić information content (AvgIpc) is 2.91. The number of rotatable bonds is 6. The minimum Gasteiger partial charge on any atom is -0.394 e. The number of aliphatic hydroxyl groups is 1. The summed E-state index contributed by atoms with van der Waals surface area (Å²) in [5.74, 6) is 0.899. The molecule has 0 amide bonds. The lowest BCUT2D eigenvalue weighted by molar-refractivity contribution is 0.132. The van der Waals surface area contributed by atoms with Crippen LogP contribution in [0, 0.1) is 5.92 Å². The van der Waals surface area contributed by atoms with Gasteiger partial charge in [-0.05, 0) is 77.7 Å². The van der Waals surface area contributed by atoms with Crippen molar-refractivity contribution in [1.29, 1.82) is 0 Å². The topological polar surface area (TPSA) is 52.7 Å². The Labute approximate surface area is 117 Å². The first-order valence-electron chi connectivity index (χ1n) is 7.93. The van der Waals surface area contributed by atoms with Crippen LogP contribution in [0.3, 0.4) is 0 Å². The summed E-state index contributed by atoms with van der Waals surface area (Å²) in [6.45, 7) is 9.43. The summed E-state index contributed by atoms with van der Waals surface area (Å²) < 4.78 is 0. The Kier molecular flexibility index (Phi) is 5.63. The third-order valence-electron chi connectivity index (χ3n) is 4.78. The third-order valence-corrected chi connectivity index (χ3v) is 4.78. The van der Waals surface area contributed by atoms with E-state index in [4.69, 9.17) is 5.73 Å². The van der Waals surface area contributed by atoms with Gasteiger partial charge < -0.3 is 20.6 Å². The molecule has 112 valence electrons. The first kappa shape index (κ1) is 15.2. The lowest BCUT2D eigenvalue weighted by atomic mass is 9.94. The summed E-state index contributed by atoms with van der Waals surface area (Å²) in [5, 5.41) is 9.18. The predicted octanol–water partition coefficient (Wildman–Crippen LogP) is 0.894. The smallest absolute Gasteiger partial charge is 0.0608 e. The first-order chi connectivity index (χ1) is 9.09. The highest BCUT2D eigenvalue weighted by molar-refractivity contribution is 4.81. The number of piperidine rings is 1. The fourth-order valence-corrected chi connectivity index (χ4v) is 3.22. The highest BCUT2D eigenvalue weighted by Crippen LogP contribution is 2.21. The number of hydrogen-bond donors (Lipinski definition) is 2. The molecule has 2 aliphatic heterocycles. The van der Waals surface area contributed by atoms with Gasteiger partial charge in [-0.25, -0.2) is 0 Å². The van der Waals surface area contributed by atoms with Crippen LogP contribution in [0.2, 0.25) is 0 Å². The maximum absolute atomic E-state index is 9.18. The van der Waals surface area contributed by atoms with Gasteiger partial charge in [-0.3, -0.25) is 0 Å². The first-order valence-corrected chi connectivity index (χ1v) is 7.93. The zero-order chi connectivity index (χ0) is 13.7. The van der Waals surface area contributed by atoms with E-state index in [0.717, 1.165) is 18.9 Å². The van der Waals surface area contributed by atoms with E-state index >= 15 is 0 Å². The van der Waals surface area contributed by atoms with Gasteiger partial charge in [-0.15, -0.1) is 0 Å². The van der Waals surface area contributed by atoms with Crippen LogP contribution in [-0.2, 0) is 0 Å². The maximum atomic E-state index is 9.18. The van der Waals surface area contributed by atoms with Gasteiger partial charge in [0.15, 0.2) is 0 Å². The molecular weight excluding hydrogens is 238 g/mol. The van der Waals surface area contributed by atoms with Crippen molar-refractivity contribution in [3.8, 4) is 0 Å². The van der Waals surface area contributed by atoms with Crippen molar-refractivity contribution in [2.24, 2.45) is 11.7 Å².